The van der Waals surface area contributed by atoms with Crippen molar-refractivity contribution >= 4 is 33.2 Å². The second kappa shape index (κ2) is 11.9. The van der Waals surface area contributed by atoms with Gasteiger partial charge in [0.25, 0.3) is 0 Å². The second-order valence-electron chi connectivity index (χ2n) is 18.2. The number of allylic oxidation sites excluding steroid dienone is 4. The summed E-state index contributed by atoms with van der Waals surface area (Å²) < 4.78 is 2.45. The number of rotatable bonds is 2. The van der Waals surface area contributed by atoms with Crippen molar-refractivity contribution in [2.75, 3.05) is 4.90 Å². The minimum absolute atomic E-state index is 0.0317. The summed E-state index contributed by atoms with van der Waals surface area (Å²) in [6.07, 6.45) is 7.73. The molecule has 6 rings (SSSR count). The molecule has 0 amide bonds. The van der Waals surface area contributed by atoms with Crippen LogP contribution in [0.3, 0.4) is 0 Å². The van der Waals surface area contributed by atoms with E-state index in [1.54, 1.807) is 0 Å². The molecule has 0 N–H and O–H groups in total. The number of benzene rings is 4. The number of aromatic nitrogens is 1. The Labute approximate surface area is 295 Å². The molecule has 49 heavy (non-hydrogen) atoms. The fourth-order valence-corrected chi connectivity index (χ4v) is 7.00. The zero-order valence-electron chi connectivity index (χ0n) is 32.0. The molecule has 0 unspecified atom stereocenters. The highest BCUT2D eigenvalue weighted by Gasteiger charge is 2.24. The molecule has 5 aromatic rings. The third-order valence-electron chi connectivity index (χ3n) is 10.2. The normalized spacial score (nSPS) is 16.6. The molecule has 2 heteroatoms. The first-order valence-corrected chi connectivity index (χ1v) is 17.9. The van der Waals surface area contributed by atoms with E-state index in [1.807, 2.05) is 0 Å². The van der Waals surface area contributed by atoms with E-state index < -0.39 is 0 Å². The van der Waals surface area contributed by atoms with E-state index in [0.717, 1.165) is 23.5 Å². The van der Waals surface area contributed by atoms with Gasteiger partial charge in [-0.25, -0.2) is 0 Å². The molecule has 0 saturated heterocycles. The van der Waals surface area contributed by atoms with E-state index in [0.29, 0.717) is 0 Å². The zero-order valence-corrected chi connectivity index (χ0v) is 32.0. The Kier molecular flexibility index (Phi) is 8.42. The maximum absolute atomic E-state index is 4.66. The van der Waals surface area contributed by atoms with Gasteiger partial charge in [-0.1, -0.05) is 132 Å². The highest BCUT2D eigenvalue weighted by molar-refractivity contribution is 6.10. The summed E-state index contributed by atoms with van der Waals surface area (Å²) in [4.78, 5) is 2.35. The molecule has 0 atom stereocenters. The SMILES string of the molecule is C=C1/C=C\C(C(C)(C)C)=C/Cc2cc(C(C)(C)C)ccc2N1c1cccc(-n2c3ccc(C(C)(C)C)cc3c3cc(C(C)(C)C)ccc32)c1. The van der Waals surface area contributed by atoms with Crippen molar-refractivity contribution in [2.24, 2.45) is 5.41 Å². The summed E-state index contributed by atoms with van der Waals surface area (Å²) >= 11 is 0. The van der Waals surface area contributed by atoms with Gasteiger partial charge in [-0.3, -0.25) is 0 Å². The van der Waals surface area contributed by atoms with Gasteiger partial charge in [0.15, 0.2) is 0 Å². The van der Waals surface area contributed by atoms with Gasteiger partial charge < -0.3 is 9.47 Å². The Bertz CT molecular complexity index is 2060. The van der Waals surface area contributed by atoms with E-state index in [1.165, 1.54) is 55.3 Å². The largest absolute Gasteiger partial charge is 0.311 e. The molecule has 0 radical (unpaired) electrons. The lowest BCUT2D eigenvalue weighted by Gasteiger charge is -2.30. The van der Waals surface area contributed by atoms with Crippen LogP contribution >= 0.6 is 0 Å². The van der Waals surface area contributed by atoms with Crippen LogP contribution in [-0.4, -0.2) is 4.57 Å². The Hall–Kier alpha value is -4.30. The predicted octanol–water partition coefficient (Wildman–Crippen LogP) is 13.4. The van der Waals surface area contributed by atoms with Gasteiger partial charge in [0.1, 0.15) is 0 Å². The standard InChI is InChI=1S/C47H56N2/c1-31-17-19-33(44(2,3)4)20-18-32-27-34(45(5,6)7)21-24-41(32)48(31)37-15-14-16-38(30-37)49-42-25-22-35(46(8,9)10)28-39(42)40-29-36(47(11,12)13)23-26-43(40)49/h14-17,19-30H,1,18H2,2-13H3/b19-17-,33-20+. The number of anilines is 2. The minimum atomic E-state index is 0.0317. The Morgan fingerprint density at radius 2 is 1.04 bits per heavy atom. The predicted molar refractivity (Wildman–Crippen MR) is 215 cm³/mol. The van der Waals surface area contributed by atoms with Gasteiger partial charge in [0.05, 0.1) is 11.0 Å². The van der Waals surface area contributed by atoms with Crippen LogP contribution in [0.4, 0.5) is 11.4 Å². The van der Waals surface area contributed by atoms with Gasteiger partial charge in [0.2, 0.25) is 0 Å². The maximum Gasteiger partial charge on any atom is 0.0541 e. The van der Waals surface area contributed by atoms with Gasteiger partial charge in [-0.15, -0.1) is 0 Å². The molecule has 1 aromatic heterocycles. The van der Waals surface area contributed by atoms with Crippen LogP contribution in [0.5, 0.6) is 0 Å². The first kappa shape index (κ1) is 34.6. The quantitative estimate of drug-likeness (QED) is 0.185. The van der Waals surface area contributed by atoms with Gasteiger partial charge in [0, 0.05) is 33.5 Å². The van der Waals surface area contributed by atoms with Crippen molar-refractivity contribution in [1.29, 1.82) is 0 Å². The topological polar surface area (TPSA) is 8.17 Å². The molecule has 1 aliphatic rings. The fourth-order valence-electron chi connectivity index (χ4n) is 7.00. The highest BCUT2D eigenvalue weighted by Crippen LogP contribution is 2.41. The van der Waals surface area contributed by atoms with Crippen molar-refractivity contribution in [3.8, 4) is 5.69 Å². The molecular formula is C47H56N2. The van der Waals surface area contributed by atoms with E-state index >= 15 is 0 Å². The van der Waals surface area contributed by atoms with Crippen molar-refractivity contribution in [3.63, 3.8) is 0 Å². The van der Waals surface area contributed by atoms with Crippen LogP contribution in [0.15, 0.2) is 115 Å². The summed E-state index contributed by atoms with van der Waals surface area (Å²) in [6.45, 7) is 32.2. The summed E-state index contributed by atoms with van der Waals surface area (Å²) in [5.74, 6) is 0. The van der Waals surface area contributed by atoms with Crippen LogP contribution in [-0.2, 0) is 22.7 Å². The average molecular weight is 649 g/mol. The molecule has 0 aliphatic carbocycles. The van der Waals surface area contributed by atoms with E-state index in [2.05, 4.69) is 196 Å². The van der Waals surface area contributed by atoms with Gasteiger partial charge >= 0.3 is 0 Å². The Morgan fingerprint density at radius 3 is 1.57 bits per heavy atom. The lowest BCUT2D eigenvalue weighted by molar-refractivity contribution is 0.515. The van der Waals surface area contributed by atoms with Crippen molar-refractivity contribution < 1.29 is 0 Å². The Balaban J connectivity index is 1.58. The average Bonchev–Trinajstić information content (AvgIpc) is 3.35. The lowest BCUT2D eigenvalue weighted by Crippen LogP contribution is -2.18. The summed E-state index contributed by atoms with van der Waals surface area (Å²) in [5.41, 5.74) is 13.7. The zero-order chi connectivity index (χ0) is 35.7. The summed E-state index contributed by atoms with van der Waals surface area (Å²) in [7, 11) is 0. The molecule has 2 heterocycles. The summed E-state index contributed by atoms with van der Waals surface area (Å²) in [6, 6.07) is 30.1. The molecule has 4 aromatic carbocycles. The van der Waals surface area contributed by atoms with Crippen LogP contribution < -0.4 is 4.90 Å². The third kappa shape index (κ3) is 6.67. The summed E-state index contributed by atoms with van der Waals surface area (Å²) in [5, 5.41) is 2.60. The third-order valence-corrected chi connectivity index (χ3v) is 10.2. The Morgan fingerprint density at radius 1 is 0.531 bits per heavy atom. The van der Waals surface area contributed by atoms with Crippen LogP contribution in [0, 0.1) is 5.41 Å². The molecule has 1 aliphatic heterocycles. The first-order chi connectivity index (χ1) is 22.7. The van der Waals surface area contributed by atoms with E-state index in [9.17, 15) is 0 Å². The second-order valence-corrected chi connectivity index (χ2v) is 18.2. The smallest absolute Gasteiger partial charge is 0.0541 e. The van der Waals surface area contributed by atoms with Crippen molar-refractivity contribution in [3.05, 3.63) is 137 Å². The van der Waals surface area contributed by atoms with Crippen molar-refractivity contribution in [1.82, 2.24) is 4.57 Å². The van der Waals surface area contributed by atoms with Crippen molar-refractivity contribution in [2.45, 2.75) is 106 Å². The highest BCUT2D eigenvalue weighted by atomic mass is 15.1. The molecule has 2 nitrogen and oxygen atoms in total. The van der Waals surface area contributed by atoms with E-state index in [-0.39, 0.29) is 21.7 Å². The van der Waals surface area contributed by atoms with E-state index in [4.69, 9.17) is 0 Å². The maximum atomic E-state index is 4.66. The molecule has 0 spiro atoms. The first-order valence-electron chi connectivity index (χ1n) is 17.9. The number of hydrogen-bond donors (Lipinski definition) is 0. The van der Waals surface area contributed by atoms with Gasteiger partial charge in [-0.2, -0.15) is 0 Å². The monoisotopic (exact) mass is 648 g/mol. The molecule has 0 saturated carbocycles. The van der Waals surface area contributed by atoms with Gasteiger partial charge in [-0.05, 0) is 111 Å². The molecule has 0 fully saturated rings. The fraction of sp³-hybridized carbons (Fsp3) is 0.362. The molecule has 254 valence electrons. The van der Waals surface area contributed by atoms with Crippen LogP contribution in [0.1, 0.15) is 105 Å². The lowest BCUT2D eigenvalue weighted by atomic mass is 9.83. The molecule has 0 bridgehead atoms. The number of hydrogen-bond acceptors (Lipinski definition) is 1. The minimum Gasteiger partial charge on any atom is -0.311 e. The number of nitrogens with zero attached hydrogens (tertiary/aromatic N) is 2. The number of fused-ring (bicyclic) bond motifs is 4. The molecular weight excluding hydrogens is 593 g/mol. The van der Waals surface area contributed by atoms with Crippen LogP contribution in [0.2, 0.25) is 0 Å². The van der Waals surface area contributed by atoms with Crippen LogP contribution in [0.25, 0.3) is 27.5 Å².